The number of carboxylic acids is 1. The topological polar surface area (TPSA) is 57.6 Å². The van der Waals surface area contributed by atoms with Crippen molar-refractivity contribution in [3.63, 3.8) is 0 Å². The highest BCUT2D eigenvalue weighted by Crippen LogP contribution is 2.31. The van der Waals surface area contributed by atoms with Crippen LogP contribution in [0.3, 0.4) is 0 Å². The second-order valence-corrected chi connectivity index (χ2v) is 6.64. The van der Waals surface area contributed by atoms with Gasteiger partial charge in [0, 0.05) is 24.9 Å². The van der Waals surface area contributed by atoms with Gasteiger partial charge in [0.25, 0.3) is 0 Å². The van der Waals surface area contributed by atoms with E-state index in [1.165, 1.54) is 0 Å². The number of aliphatic carboxylic acids is 1. The average Bonchev–Trinajstić information content (AvgIpc) is 3.03. The summed E-state index contributed by atoms with van der Waals surface area (Å²) in [5.41, 5.74) is 2.20. The van der Waals surface area contributed by atoms with Crippen molar-refractivity contribution in [2.45, 2.75) is 31.7 Å². The number of hydrogen-bond donors (Lipinski definition) is 1. The molecule has 2 atom stereocenters. The molecule has 1 heterocycles. The van der Waals surface area contributed by atoms with Crippen LogP contribution in [0.4, 0.5) is 0 Å². The molecule has 2 aromatic carbocycles. The molecule has 3 rings (SSSR count). The summed E-state index contributed by atoms with van der Waals surface area (Å²) in [5, 5.41) is 9.28. The quantitative estimate of drug-likeness (QED) is 0.908. The van der Waals surface area contributed by atoms with Gasteiger partial charge in [-0.2, -0.15) is 0 Å². The van der Waals surface area contributed by atoms with Crippen LogP contribution >= 0.6 is 0 Å². The number of likely N-dealkylation sites (tertiary alicyclic amines) is 1. The van der Waals surface area contributed by atoms with Crippen LogP contribution < -0.4 is 0 Å². The molecule has 0 saturated carbocycles. The standard InChI is InChI=1S/C21H23NO3/c1-15-18(21(24)25)12-13-22(15)20(23)14-19(16-8-4-2-5-9-16)17-10-6-3-7-11-17/h2-11,15,18-19H,12-14H2,1H3,(H,24,25). The van der Waals surface area contributed by atoms with Gasteiger partial charge in [-0.15, -0.1) is 0 Å². The van der Waals surface area contributed by atoms with E-state index in [9.17, 15) is 14.7 Å². The fourth-order valence-electron chi connectivity index (χ4n) is 3.71. The Morgan fingerprint density at radius 1 is 1.04 bits per heavy atom. The first-order chi connectivity index (χ1) is 12.1. The van der Waals surface area contributed by atoms with E-state index < -0.39 is 11.9 Å². The molecule has 1 saturated heterocycles. The zero-order valence-corrected chi connectivity index (χ0v) is 14.3. The summed E-state index contributed by atoms with van der Waals surface area (Å²) >= 11 is 0. The van der Waals surface area contributed by atoms with Crippen molar-refractivity contribution in [1.29, 1.82) is 0 Å². The lowest BCUT2D eigenvalue weighted by molar-refractivity contribution is -0.143. The predicted octanol–water partition coefficient (Wildman–Crippen LogP) is 3.53. The Kier molecular flexibility index (Phi) is 5.17. The molecule has 1 amide bonds. The predicted molar refractivity (Wildman–Crippen MR) is 96.3 cm³/mol. The Labute approximate surface area is 148 Å². The number of rotatable bonds is 5. The van der Waals surface area contributed by atoms with Crippen LogP contribution in [0.15, 0.2) is 60.7 Å². The Morgan fingerprint density at radius 3 is 2.00 bits per heavy atom. The molecule has 1 aliphatic heterocycles. The van der Waals surface area contributed by atoms with Gasteiger partial charge >= 0.3 is 5.97 Å². The largest absolute Gasteiger partial charge is 0.481 e. The van der Waals surface area contributed by atoms with Gasteiger partial charge in [-0.3, -0.25) is 9.59 Å². The average molecular weight is 337 g/mol. The number of hydrogen-bond acceptors (Lipinski definition) is 2. The van der Waals surface area contributed by atoms with Gasteiger partial charge in [-0.25, -0.2) is 0 Å². The molecular weight excluding hydrogens is 314 g/mol. The van der Waals surface area contributed by atoms with Crippen molar-refractivity contribution in [3.05, 3.63) is 71.8 Å². The number of amides is 1. The van der Waals surface area contributed by atoms with Gasteiger partial charge in [0.05, 0.1) is 5.92 Å². The van der Waals surface area contributed by atoms with Crippen molar-refractivity contribution >= 4 is 11.9 Å². The van der Waals surface area contributed by atoms with E-state index in [-0.39, 0.29) is 17.9 Å². The highest BCUT2D eigenvalue weighted by Gasteiger charge is 2.38. The molecule has 4 heteroatoms. The molecule has 2 unspecified atom stereocenters. The summed E-state index contributed by atoms with van der Waals surface area (Å²) in [5.74, 6) is -1.28. The molecule has 0 aromatic heterocycles. The molecule has 1 N–H and O–H groups in total. The van der Waals surface area contributed by atoms with Crippen LogP contribution in [-0.4, -0.2) is 34.5 Å². The molecular formula is C21H23NO3. The molecule has 0 radical (unpaired) electrons. The van der Waals surface area contributed by atoms with Crippen LogP contribution in [0.5, 0.6) is 0 Å². The summed E-state index contributed by atoms with van der Waals surface area (Å²) in [6.45, 7) is 2.36. The minimum Gasteiger partial charge on any atom is -0.481 e. The van der Waals surface area contributed by atoms with Gasteiger partial charge in [0.15, 0.2) is 0 Å². The van der Waals surface area contributed by atoms with Crippen LogP contribution in [0.25, 0.3) is 0 Å². The van der Waals surface area contributed by atoms with Crippen LogP contribution in [0.1, 0.15) is 36.8 Å². The Balaban J connectivity index is 1.82. The minimum absolute atomic E-state index is 0.0222. The van der Waals surface area contributed by atoms with Crippen molar-refractivity contribution < 1.29 is 14.7 Å². The zero-order valence-electron chi connectivity index (χ0n) is 14.3. The molecule has 0 bridgehead atoms. The number of nitrogens with zero attached hydrogens (tertiary/aromatic N) is 1. The van der Waals surface area contributed by atoms with E-state index in [4.69, 9.17) is 0 Å². The summed E-state index contributed by atoms with van der Waals surface area (Å²) in [6, 6.07) is 19.8. The molecule has 1 fully saturated rings. The summed E-state index contributed by atoms with van der Waals surface area (Å²) in [7, 11) is 0. The molecule has 1 aliphatic rings. The molecule has 130 valence electrons. The fraction of sp³-hybridized carbons (Fsp3) is 0.333. The summed E-state index contributed by atoms with van der Waals surface area (Å²) in [6.07, 6.45) is 0.883. The number of carboxylic acid groups (broad SMARTS) is 1. The lowest BCUT2D eigenvalue weighted by atomic mass is 9.88. The zero-order chi connectivity index (χ0) is 17.8. The molecule has 2 aromatic rings. The Morgan fingerprint density at radius 2 is 1.56 bits per heavy atom. The van der Waals surface area contributed by atoms with Crippen molar-refractivity contribution in [2.24, 2.45) is 5.92 Å². The Hall–Kier alpha value is -2.62. The smallest absolute Gasteiger partial charge is 0.308 e. The number of benzene rings is 2. The second kappa shape index (κ2) is 7.51. The van der Waals surface area contributed by atoms with Gasteiger partial charge in [-0.1, -0.05) is 60.7 Å². The number of carbonyl (C=O) groups is 2. The first-order valence-corrected chi connectivity index (χ1v) is 8.70. The minimum atomic E-state index is -0.814. The van der Waals surface area contributed by atoms with E-state index in [2.05, 4.69) is 0 Å². The van der Waals surface area contributed by atoms with Crippen molar-refractivity contribution in [1.82, 2.24) is 4.90 Å². The van der Waals surface area contributed by atoms with Gasteiger partial charge < -0.3 is 10.0 Å². The van der Waals surface area contributed by atoms with Gasteiger partial charge in [0.1, 0.15) is 0 Å². The molecule has 0 spiro atoms. The Bertz CT molecular complexity index is 690. The van der Waals surface area contributed by atoms with Crippen LogP contribution in [0.2, 0.25) is 0 Å². The van der Waals surface area contributed by atoms with Gasteiger partial charge in [0.2, 0.25) is 5.91 Å². The maximum atomic E-state index is 12.9. The summed E-state index contributed by atoms with van der Waals surface area (Å²) in [4.78, 5) is 26.0. The van der Waals surface area contributed by atoms with Crippen molar-refractivity contribution in [3.8, 4) is 0 Å². The maximum absolute atomic E-state index is 12.9. The molecule has 4 nitrogen and oxygen atoms in total. The monoisotopic (exact) mass is 337 g/mol. The van der Waals surface area contributed by atoms with E-state index in [1.54, 1.807) is 4.90 Å². The lowest BCUT2D eigenvalue weighted by Crippen LogP contribution is -2.38. The van der Waals surface area contributed by atoms with Crippen molar-refractivity contribution in [2.75, 3.05) is 6.54 Å². The normalized spacial score (nSPS) is 20.0. The maximum Gasteiger partial charge on any atom is 0.308 e. The SMILES string of the molecule is CC1C(C(=O)O)CCN1C(=O)CC(c1ccccc1)c1ccccc1. The first kappa shape index (κ1) is 17.2. The fourth-order valence-corrected chi connectivity index (χ4v) is 3.71. The van der Waals surface area contributed by atoms with E-state index in [1.807, 2.05) is 67.6 Å². The lowest BCUT2D eigenvalue weighted by Gasteiger charge is -2.26. The third-order valence-corrected chi connectivity index (χ3v) is 5.18. The number of carbonyl (C=O) groups excluding carboxylic acids is 1. The third-order valence-electron chi connectivity index (χ3n) is 5.18. The first-order valence-electron chi connectivity index (χ1n) is 8.70. The van der Waals surface area contributed by atoms with Gasteiger partial charge in [-0.05, 0) is 24.5 Å². The van der Waals surface area contributed by atoms with E-state index in [0.29, 0.717) is 19.4 Å². The molecule has 0 aliphatic carbocycles. The second-order valence-electron chi connectivity index (χ2n) is 6.64. The highest BCUT2D eigenvalue weighted by molar-refractivity contribution is 5.80. The van der Waals surface area contributed by atoms with Crippen LogP contribution in [0, 0.1) is 5.92 Å². The van der Waals surface area contributed by atoms with Crippen LogP contribution in [-0.2, 0) is 9.59 Å². The van der Waals surface area contributed by atoms with E-state index in [0.717, 1.165) is 11.1 Å². The third kappa shape index (κ3) is 3.73. The molecule has 25 heavy (non-hydrogen) atoms. The summed E-state index contributed by atoms with van der Waals surface area (Å²) < 4.78 is 0. The van der Waals surface area contributed by atoms with E-state index >= 15 is 0 Å². The highest BCUT2D eigenvalue weighted by atomic mass is 16.4.